The highest BCUT2D eigenvalue weighted by Crippen LogP contribution is 2.29. The molecule has 0 aromatic carbocycles. The van der Waals surface area contributed by atoms with Crippen LogP contribution in [0.1, 0.15) is 43.6 Å². The third-order valence-electron chi connectivity index (χ3n) is 2.97. The highest BCUT2D eigenvalue weighted by atomic mass is 127. The topological polar surface area (TPSA) is 47.0 Å². The molecule has 0 radical (unpaired) electrons. The van der Waals surface area contributed by atoms with E-state index in [2.05, 4.69) is 46.7 Å². The Balaban J connectivity index is 2.42. The van der Waals surface area contributed by atoms with Gasteiger partial charge in [0.25, 0.3) is 0 Å². The van der Waals surface area contributed by atoms with Gasteiger partial charge in [-0.1, -0.05) is 13.8 Å². The summed E-state index contributed by atoms with van der Waals surface area (Å²) in [5, 5.41) is 3.15. The Labute approximate surface area is 116 Å². The van der Waals surface area contributed by atoms with Gasteiger partial charge in [0.1, 0.15) is 11.6 Å². The Morgan fingerprint density at radius 2 is 2.18 bits per heavy atom. The Kier molecular flexibility index (Phi) is 4.19. The van der Waals surface area contributed by atoms with Crippen molar-refractivity contribution in [1.82, 2.24) is 9.97 Å². The molecule has 1 saturated heterocycles. The first-order valence-electron chi connectivity index (χ1n) is 5.96. The molecule has 94 valence electrons. The van der Waals surface area contributed by atoms with Gasteiger partial charge < -0.3 is 10.1 Å². The molecule has 1 aliphatic heterocycles. The molecule has 1 N–H and O–H groups in total. The van der Waals surface area contributed by atoms with Crippen molar-refractivity contribution in [2.45, 2.75) is 32.1 Å². The van der Waals surface area contributed by atoms with Crippen molar-refractivity contribution in [2.75, 3.05) is 25.6 Å². The first kappa shape index (κ1) is 13.0. The van der Waals surface area contributed by atoms with Crippen LogP contribution < -0.4 is 5.32 Å². The van der Waals surface area contributed by atoms with Crippen LogP contribution in [0.15, 0.2) is 0 Å². The van der Waals surface area contributed by atoms with Crippen LogP contribution in [0.5, 0.6) is 0 Å². The first-order valence-corrected chi connectivity index (χ1v) is 7.04. The summed E-state index contributed by atoms with van der Waals surface area (Å²) in [6.45, 7) is 5.91. The van der Waals surface area contributed by atoms with E-state index in [0.29, 0.717) is 11.8 Å². The fourth-order valence-corrected chi connectivity index (χ4v) is 3.09. The predicted octanol–water partition coefficient (Wildman–Crippen LogP) is 2.75. The molecule has 1 fully saturated rings. The van der Waals surface area contributed by atoms with Crippen molar-refractivity contribution in [3.63, 3.8) is 0 Å². The van der Waals surface area contributed by atoms with Gasteiger partial charge in [0, 0.05) is 19.6 Å². The number of nitrogens with zero attached hydrogens (tertiary/aromatic N) is 2. The zero-order chi connectivity index (χ0) is 12.4. The first-order chi connectivity index (χ1) is 8.13. The molecule has 1 aliphatic rings. The van der Waals surface area contributed by atoms with E-state index in [1.54, 1.807) is 0 Å². The summed E-state index contributed by atoms with van der Waals surface area (Å²) in [6, 6.07) is 0. The van der Waals surface area contributed by atoms with E-state index in [1.807, 2.05) is 7.05 Å². The summed E-state index contributed by atoms with van der Waals surface area (Å²) in [6.07, 6.45) is 1.03. The summed E-state index contributed by atoms with van der Waals surface area (Å²) in [5.74, 6) is 2.64. The van der Waals surface area contributed by atoms with Gasteiger partial charge in [0.2, 0.25) is 0 Å². The summed E-state index contributed by atoms with van der Waals surface area (Å²) >= 11 is 2.32. The quantitative estimate of drug-likeness (QED) is 0.855. The van der Waals surface area contributed by atoms with Gasteiger partial charge in [-0.3, -0.25) is 0 Å². The molecule has 0 spiro atoms. The average Bonchev–Trinajstić information content (AvgIpc) is 2.82. The second-order valence-corrected chi connectivity index (χ2v) is 5.67. The van der Waals surface area contributed by atoms with E-state index in [0.717, 1.165) is 40.5 Å². The molecule has 5 heteroatoms. The minimum atomic E-state index is 0.358. The number of halogens is 1. The molecule has 1 aromatic rings. The van der Waals surface area contributed by atoms with E-state index < -0.39 is 0 Å². The Morgan fingerprint density at radius 3 is 2.71 bits per heavy atom. The highest BCUT2D eigenvalue weighted by molar-refractivity contribution is 14.1. The molecule has 17 heavy (non-hydrogen) atoms. The number of anilines is 1. The van der Waals surface area contributed by atoms with Crippen molar-refractivity contribution in [2.24, 2.45) is 0 Å². The third-order valence-corrected chi connectivity index (χ3v) is 4.04. The molecule has 1 aromatic heterocycles. The molecular formula is C12H18IN3O. The Morgan fingerprint density at radius 1 is 1.41 bits per heavy atom. The van der Waals surface area contributed by atoms with Crippen LogP contribution in [-0.4, -0.2) is 30.2 Å². The van der Waals surface area contributed by atoms with Gasteiger partial charge >= 0.3 is 0 Å². The molecule has 0 saturated carbocycles. The molecule has 1 unspecified atom stereocenters. The third kappa shape index (κ3) is 2.70. The number of rotatable bonds is 3. The summed E-state index contributed by atoms with van der Waals surface area (Å²) in [5.41, 5.74) is 1.13. The number of nitrogens with one attached hydrogen (secondary N) is 1. The van der Waals surface area contributed by atoms with Gasteiger partial charge in [-0.15, -0.1) is 0 Å². The minimum Gasteiger partial charge on any atom is -0.381 e. The van der Waals surface area contributed by atoms with Crippen LogP contribution in [0.3, 0.4) is 0 Å². The standard InChI is InChI=1S/C12H18IN3O/c1-7(2)10-9(13)12(14-3)16-11(15-10)8-4-5-17-6-8/h7-8H,4-6H2,1-3H3,(H,14,15,16). The molecular weight excluding hydrogens is 329 g/mol. The highest BCUT2D eigenvalue weighted by Gasteiger charge is 2.23. The lowest BCUT2D eigenvalue weighted by Crippen LogP contribution is -2.12. The van der Waals surface area contributed by atoms with E-state index >= 15 is 0 Å². The average molecular weight is 347 g/mol. The van der Waals surface area contributed by atoms with Crippen LogP contribution in [0, 0.1) is 3.57 Å². The monoisotopic (exact) mass is 347 g/mol. The lowest BCUT2D eigenvalue weighted by molar-refractivity contribution is 0.193. The molecule has 2 rings (SSSR count). The van der Waals surface area contributed by atoms with Crippen LogP contribution in [0.25, 0.3) is 0 Å². The van der Waals surface area contributed by atoms with Crippen molar-refractivity contribution in [3.05, 3.63) is 15.1 Å². The second kappa shape index (κ2) is 5.48. The number of aromatic nitrogens is 2. The lowest BCUT2D eigenvalue weighted by Gasteiger charge is -2.15. The normalized spacial score (nSPS) is 19.9. The minimum absolute atomic E-state index is 0.358. The fourth-order valence-electron chi connectivity index (χ4n) is 1.95. The maximum atomic E-state index is 5.41. The Hall–Kier alpha value is -0.430. The van der Waals surface area contributed by atoms with Gasteiger partial charge in [-0.2, -0.15) is 0 Å². The van der Waals surface area contributed by atoms with E-state index in [-0.39, 0.29) is 0 Å². The zero-order valence-corrected chi connectivity index (χ0v) is 12.6. The van der Waals surface area contributed by atoms with Crippen molar-refractivity contribution < 1.29 is 4.74 Å². The second-order valence-electron chi connectivity index (χ2n) is 4.59. The van der Waals surface area contributed by atoms with Crippen LogP contribution in [-0.2, 0) is 4.74 Å². The molecule has 0 bridgehead atoms. The zero-order valence-electron chi connectivity index (χ0n) is 10.5. The van der Waals surface area contributed by atoms with Crippen LogP contribution in [0.2, 0.25) is 0 Å². The summed E-state index contributed by atoms with van der Waals surface area (Å²) in [7, 11) is 1.91. The Bertz CT molecular complexity index is 403. The van der Waals surface area contributed by atoms with Gasteiger partial charge in [-0.25, -0.2) is 9.97 Å². The van der Waals surface area contributed by atoms with Gasteiger partial charge in [0.05, 0.1) is 15.9 Å². The lowest BCUT2D eigenvalue weighted by atomic mass is 10.1. The van der Waals surface area contributed by atoms with E-state index in [1.165, 1.54) is 0 Å². The summed E-state index contributed by atoms with van der Waals surface area (Å²) in [4.78, 5) is 9.33. The maximum absolute atomic E-state index is 5.41. The van der Waals surface area contributed by atoms with Crippen LogP contribution >= 0.6 is 22.6 Å². The van der Waals surface area contributed by atoms with Crippen molar-refractivity contribution in [3.8, 4) is 0 Å². The van der Waals surface area contributed by atoms with E-state index in [4.69, 9.17) is 9.72 Å². The summed E-state index contributed by atoms with van der Waals surface area (Å²) < 4.78 is 6.54. The fraction of sp³-hybridized carbons (Fsp3) is 0.667. The molecule has 0 aliphatic carbocycles. The van der Waals surface area contributed by atoms with Gasteiger partial charge in [-0.05, 0) is 34.9 Å². The largest absolute Gasteiger partial charge is 0.381 e. The number of hydrogen-bond donors (Lipinski definition) is 1. The van der Waals surface area contributed by atoms with Crippen LogP contribution in [0.4, 0.5) is 5.82 Å². The van der Waals surface area contributed by atoms with Crippen molar-refractivity contribution >= 4 is 28.4 Å². The van der Waals surface area contributed by atoms with E-state index in [9.17, 15) is 0 Å². The molecule has 2 heterocycles. The maximum Gasteiger partial charge on any atom is 0.143 e. The number of ether oxygens (including phenoxy) is 1. The van der Waals surface area contributed by atoms with Crippen molar-refractivity contribution in [1.29, 1.82) is 0 Å². The molecule has 4 nitrogen and oxygen atoms in total. The predicted molar refractivity (Wildman–Crippen MR) is 76.6 cm³/mol. The SMILES string of the molecule is CNc1nc(C2CCOC2)nc(C(C)C)c1I. The smallest absolute Gasteiger partial charge is 0.143 e. The van der Waals surface area contributed by atoms with Gasteiger partial charge in [0.15, 0.2) is 0 Å². The molecule has 1 atom stereocenters. The number of hydrogen-bond acceptors (Lipinski definition) is 4. The molecule has 0 amide bonds.